The molecule has 0 fully saturated rings. The van der Waals surface area contributed by atoms with E-state index in [2.05, 4.69) is 9.69 Å². The molecule has 7 heteroatoms. The lowest BCUT2D eigenvalue weighted by molar-refractivity contribution is -0.117. The second kappa shape index (κ2) is 4.37. The number of aromatic nitrogens is 1. The highest BCUT2D eigenvalue weighted by atomic mass is 32.1. The SMILES string of the molecule is Cc1nsc(NC(=O)[C@@H](C)N)c1C(=O)O. The molecule has 1 aromatic rings. The van der Waals surface area contributed by atoms with Gasteiger partial charge in [0.1, 0.15) is 10.6 Å². The zero-order chi connectivity index (χ0) is 11.6. The molecule has 0 aliphatic rings. The molecule has 82 valence electrons. The third kappa shape index (κ3) is 2.51. The standard InChI is InChI=1S/C8H11N3O3S/c1-3(9)6(12)10-7-5(8(13)14)4(2)11-15-7/h3H,9H2,1-2H3,(H,10,12)(H,13,14)/t3-/m1/s1. The van der Waals surface area contributed by atoms with E-state index < -0.39 is 17.9 Å². The van der Waals surface area contributed by atoms with Crippen molar-refractivity contribution in [2.75, 3.05) is 5.32 Å². The minimum absolute atomic E-state index is 0.0222. The lowest BCUT2D eigenvalue weighted by Crippen LogP contribution is -2.32. The van der Waals surface area contributed by atoms with Gasteiger partial charge in [-0.3, -0.25) is 4.79 Å². The fraction of sp³-hybridized carbons (Fsp3) is 0.375. The van der Waals surface area contributed by atoms with Crippen molar-refractivity contribution in [2.24, 2.45) is 5.73 Å². The molecule has 0 spiro atoms. The van der Waals surface area contributed by atoms with Gasteiger partial charge in [-0.25, -0.2) is 4.79 Å². The molecular weight excluding hydrogens is 218 g/mol. The van der Waals surface area contributed by atoms with Crippen LogP contribution in [-0.2, 0) is 4.79 Å². The van der Waals surface area contributed by atoms with Crippen molar-refractivity contribution in [3.63, 3.8) is 0 Å². The van der Waals surface area contributed by atoms with Crippen molar-refractivity contribution in [1.29, 1.82) is 0 Å². The number of rotatable bonds is 3. The van der Waals surface area contributed by atoms with Gasteiger partial charge < -0.3 is 16.2 Å². The predicted octanol–water partition coefficient (Wildman–Crippen LogP) is 0.435. The summed E-state index contributed by atoms with van der Waals surface area (Å²) in [6.45, 7) is 3.09. The maximum Gasteiger partial charge on any atom is 0.340 e. The van der Waals surface area contributed by atoms with Crippen LogP contribution in [0.25, 0.3) is 0 Å². The monoisotopic (exact) mass is 229 g/mol. The Morgan fingerprint density at radius 2 is 2.20 bits per heavy atom. The Hall–Kier alpha value is -1.47. The molecule has 15 heavy (non-hydrogen) atoms. The Morgan fingerprint density at radius 1 is 1.60 bits per heavy atom. The van der Waals surface area contributed by atoms with E-state index in [0.717, 1.165) is 11.5 Å². The van der Waals surface area contributed by atoms with E-state index in [1.54, 1.807) is 6.92 Å². The molecule has 0 unspecified atom stereocenters. The molecule has 0 bridgehead atoms. The molecule has 0 saturated carbocycles. The van der Waals surface area contributed by atoms with Crippen molar-refractivity contribution in [2.45, 2.75) is 19.9 Å². The predicted molar refractivity (Wildman–Crippen MR) is 56.1 cm³/mol. The van der Waals surface area contributed by atoms with Crippen LogP contribution >= 0.6 is 11.5 Å². The molecule has 1 atom stereocenters. The zero-order valence-corrected chi connectivity index (χ0v) is 9.09. The maximum absolute atomic E-state index is 11.2. The number of carboxylic acid groups (broad SMARTS) is 1. The molecule has 1 amide bonds. The molecule has 1 rings (SSSR count). The average Bonchev–Trinajstić information content (AvgIpc) is 2.46. The van der Waals surface area contributed by atoms with Gasteiger partial charge in [-0.1, -0.05) is 0 Å². The van der Waals surface area contributed by atoms with E-state index >= 15 is 0 Å². The van der Waals surface area contributed by atoms with Gasteiger partial charge in [0.05, 0.1) is 11.7 Å². The number of hydrogen-bond acceptors (Lipinski definition) is 5. The first-order valence-corrected chi connectivity index (χ1v) is 4.96. The van der Waals surface area contributed by atoms with E-state index in [1.807, 2.05) is 0 Å². The van der Waals surface area contributed by atoms with Crippen LogP contribution in [0.2, 0.25) is 0 Å². The van der Waals surface area contributed by atoms with Crippen LogP contribution in [0.4, 0.5) is 5.00 Å². The maximum atomic E-state index is 11.2. The fourth-order valence-electron chi connectivity index (χ4n) is 0.933. The van der Waals surface area contributed by atoms with Crippen LogP contribution in [-0.4, -0.2) is 27.4 Å². The number of nitrogens with two attached hydrogens (primary N) is 1. The van der Waals surface area contributed by atoms with Gasteiger partial charge in [0, 0.05) is 0 Å². The number of carbonyl (C=O) groups excluding carboxylic acids is 1. The average molecular weight is 229 g/mol. The number of carbonyl (C=O) groups is 2. The molecule has 1 heterocycles. The van der Waals surface area contributed by atoms with Crippen molar-refractivity contribution in [3.05, 3.63) is 11.3 Å². The molecular formula is C8H11N3O3S. The molecule has 4 N–H and O–H groups in total. The molecule has 1 aromatic heterocycles. The van der Waals surface area contributed by atoms with E-state index in [0.29, 0.717) is 5.69 Å². The quantitative estimate of drug-likeness (QED) is 0.697. The minimum atomic E-state index is -1.11. The van der Waals surface area contributed by atoms with Gasteiger partial charge in [0.2, 0.25) is 5.91 Å². The van der Waals surface area contributed by atoms with E-state index in [1.165, 1.54) is 6.92 Å². The third-order valence-electron chi connectivity index (χ3n) is 1.73. The Balaban J connectivity index is 2.96. The topological polar surface area (TPSA) is 105 Å². The first-order chi connectivity index (χ1) is 6.93. The number of nitrogens with zero attached hydrogens (tertiary/aromatic N) is 1. The largest absolute Gasteiger partial charge is 0.478 e. The van der Waals surface area contributed by atoms with E-state index in [4.69, 9.17) is 10.8 Å². The molecule has 0 aromatic carbocycles. The van der Waals surface area contributed by atoms with Crippen LogP contribution in [0.1, 0.15) is 23.0 Å². The van der Waals surface area contributed by atoms with Gasteiger partial charge in [0.15, 0.2) is 0 Å². The number of anilines is 1. The number of aryl methyl sites for hydroxylation is 1. The number of hydrogen-bond donors (Lipinski definition) is 3. The van der Waals surface area contributed by atoms with Crippen LogP contribution in [0.5, 0.6) is 0 Å². The molecule has 0 saturated heterocycles. The highest BCUT2D eigenvalue weighted by Crippen LogP contribution is 2.24. The number of carboxylic acids is 1. The highest BCUT2D eigenvalue weighted by Gasteiger charge is 2.20. The minimum Gasteiger partial charge on any atom is -0.478 e. The summed E-state index contributed by atoms with van der Waals surface area (Å²) in [6, 6.07) is -0.686. The normalized spacial score (nSPS) is 12.2. The number of amides is 1. The lowest BCUT2D eigenvalue weighted by atomic mass is 10.2. The number of aromatic carboxylic acids is 1. The van der Waals surface area contributed by atoms with E-state index in [9.17, 15) is 9.59 Å². The van der Waals surface area contributed by atoms with Crippen LogP contribution in [0, 0.1) is 6.92 Å². The molecule has 6 nitrogen and oxygen atoms in total. The van der Waals surface area contributed by atoms with Crippen LogP contribution in [0.15, 0.2) is 0 Å². The van der Waals surface area contributed by atoms with Gasteiger partial charge in [-0.15, -0.1) is 0 Å². The van der Waals surface area contributed by atoms with Crippen molar-refractivity contribution < 1.29 is 14.7 Å². The second-order valence-electron chi connectivity index (χ2n) is 3.06. The Labute approximate surface area is 90.3 Å². The number of nitrogens with one attached hydrogen (secondary N) is 1. The van der Waals surface area contributed by atoms with Gasteiger partial charge in [0.25, 0.3) is 0 Å². The summed E-state index contributed by atoms with van der Waals surface area (Å²) >= 11 is 0.932. The summed E-state index contributed by atoms with van der Waals surface area (Å²) in [7, 11) is 0. The summed E-state index contributed by atoms with van der Waals surface area (Å²) in [5, 5.41) is 11.5. The third-order valence-corrected chi connectivity index (χ3v) is 2.58. The van der Waals surface area contributed by atoms with E-state index in [-0.39, 0.29) is 10.6 Å². The Kier molecular flexibility index (Phi) is 3.38. The van der Waals surface area contributed by atoms with Crippen molar-refractivity contribution >= 4 is 28.4 Å². The molecule has 0 aliphatic heterocycles. The first kappa shape index (κ1) is 11.6. The first-order valence-electron chi connectivity index (χ1n) is 4.19. The zero-order valence-electron chi connectivity index (χ0n) is 8.27. The fourth-order valence-corrected chi connectivity index (χ4v) is 1.72. The Morgan fingerprint density at radius 3 is 2.67 bits per heavy atom. The van der Waals surface area contributed by atoms with Crippen LogP contribution in [0.3, 0.4) is 0 Å². The summed E-state index contributed by atoms with van der Waals surface area (Å²) in [5.41, 5.74) is 5.75. The van der Waals surface area contributed by atoms with Gasteiger partial charge in [-0.2, -0.15) is 4.37 Å². The lowest BCUT2D eigenvalue weighted by Gasteiger charge is -2.05. The summed E-state index contributed by atoms with van der Waals surface area (Å²) < 4.78 is 3.86. The van der Waals surface area contributed by atoms with Gasteiger partial charge >= 0.3 is 5.97 Å². The second-order valence-corrected chi connectivity index (χ2v) is 3.83. The van der Waals surface area contributed by atoms with Crippen LogP contribution < -0.4 is 11.1 Å². The van der Waals surface area contributed by atoms with Crippen molar-refractivity contribution in [1.82, 2.24) is 4.37 Å². The molecule has 0 radical (unpaired) electrons. The molecule has 0 aliphatic carbocycles. The summed E-state index contributed by atoms with van der Waals surface area (Å²) in [5.74, 6) is -1.54. The highest BCUT2D eigenvalue weighted by molar-refractivity contribution is 7.11. The Bertz CT molecular complexity index is 400. The van der Waals surface area contributed by atoms with Crippen molar-refractivity contribution in [3.8, 4) is 0 Å². The smallest absolute Gasteiger partial charge is 0.340 e. The summed E-state index contributed by atoms with van der Waals surface area (Å²) in [4.78, 5) is 22.1. The summed E-state index contributed by atoms with van der Waals surface area (Å²) in [6.07, 6.45) is 0. The van der Waals surface area contributed by atoms with Gasteiger partial charge in [-0.05, 0) is 25.4 Å².